The fourth-order valence-electron chi connectivity index (χ4n) is 1.64. The van der Waals surface area contributed by atoms with E-state index in [1.165, 1.54) is 0 Å². The maximum absolute atomic E-state index is 8.78. The van der Waals surface area contributed by atoms with Crippen molar-refractivity contribution in [2.24, 2.45) is 10.9 Å². The number of oxime groups is 1. The number of pyridine rings is 1. The predicted octanol–water partition coefficient (Wildman–Crippen LogP) is 0.700. The molecule has 1 aromatic carbocycles. The van der Waals surface area contributed by atoms with Crippen LogP contribution in [0.2, 0.25) is 0 Å². The molecule has 0 unspecified atom stereocenters. The molecule has 1 aromatic heterocycles. The predicted molar refractivity (Wildman–Crippen MR) is 66.8 cm³/mol. The third kappa shape index (κ3) is 2.33. The smallest absolute Gasteiger partial charge is 0.214 e. The standard InChI is InChI=1S/C12H13N3O3/c13-12(15-17)9-7-11(18-6-5-16)14-10-4-2-1-3-8(9)10/h1-4,7,16-17H,5-6H2,(H2,13,15). The first-order valence-corrected chi connectivity index (χ1v) is 5.37. The quantitative estimate of drug-likeness (QED) is 0.319. The fraction of sp³-hybridized carbons (Fsp3) is 0.167. The van der Waals surface area contributed by atoms with Gasteiger partial charge in [0.15, 0.2) is 5.84 Å². The maximum Gasteiger partial charge on any atom is 0.214 e. The lowest BCUT2D eigenvalue weighted by molar-refractivity contribution is 0.197. The number of para-hydroxylation sites is 1. The van der Waals surface area contributed by atoms with Gasteiger partial charge in [0.1, 0.15) is 6.61 Å². The van der Waals surface area contributed by atoms with Crippen LogP contribution >= 0.6 is 0 Å². The van der Waals surface area contributed by atoms with Crippen LogP contribution in [-0.2, 0) is 0 Å². The molecule has 2 aromatic rings. The van der Waals surface area contributed by atoms with Crippen LogP contribution < -0.4 is 10.5 Å². The Balaban J connectivity index is 2.57. The highest BCUT2D eigenvalue weighted by atomic mass is 16.5. The Morgan fingerprint density at radius 2 is 2.17 bits per heavy atom. The highest BCUT2D eigenvalue weighted by Gasteiger charge is 2.09. The van der Waals surface area contributed by atoms with Gasteiger partial charge in [0.05, 0.1) is 12.1 Å². The number of fused-ring (bicyclic) bond motifs is 1. The number of aliphatic hydroxyl groups is 1. The summed E-state index contributed by atoms with van der Waals surface area (Å²) in [4.78, 5) is 4.26. The Hall–Kier alpha value is -2.34. The largest absolute Gasteiger partial charge is 0.475 e. The monoisotopic (exact) mass is 247 g/mol. The van der Waals surface area contributed by atoms with Gasteiger partial charge in [-0.1, -0.05) is 23.4 Å². The molecule has 2 rings (SSSR count). The van der Waals surface area contributed by atoms with Crippen molar-refractivity contribution in [2.45, 2.75) is 0 Å². The molecule has 0 radical (unpaired) electrons. The Morgan fingerprint density at radius 1 is 1.39 bits per heavy atom. The molecule has 0 spiro atoms. The van der Waals surface area contributed by atoms with Crippen molar-refractivity contribution in [1.29, 1.82) is 0 Å². The fourth-order valence-corrected chi connectivity index (χ4v) is 1.64. The highest BCUT2D eigenvalue weighted by molar-refractivity contribution is 6.08. The minimum absolute atomic E-state index is 0.0116. The van der Waals surface area contributed by atoms with Gasteiger partial charge in [0.25, 0.3) is 0 Å². The molecule has 0 aliphatic heterocycles. The Kier molecular flexibility index (Phi) is 3.59. The van der Waals surface area contributed by atoms with E-state index in [1.807, 2.05) is 18.2 Å². The summed E-state index contributed by atoms with van der Waals surface area (Å²) in [5.41, 5.74) is 6.84. The van der Waals surface area contributed by atoms with Crippen LogP contribution in [0.5, 0.6) is 5.88 Å². The van der Waals surface area contributed by atoms with E-state index in [9.17, 15) is 0 Å². The number of nitrogens with two attached hydrogens (primary N) is 1. The first-order chi connectivity index (χ1) is 8.76. The van der Waals surface area contributed by atoms with Crippen molar-refractivity contribution in [2.75, 3.05) is 13.2 Å². The third-order valence-electron chi connectivity index (χ3n) is 2.42. The molecule has 0 bridgehead atoms. The van der Waals surface area contributed by atoms with Crippen molar-refractivity contribution in [3.63, 3.8) is 0 Å². The van der Waals surface area contributed by atoms with E-state index in [1.54, 1.807) is 12.1 Å². The topological polar surface area (TPSA) is 101 Å². The van der Waals surface area contributed by atoms with Crippen LogP contribution in [0.4, 0.5) is 0 Å². The SMILES string of the molecule is NC(=NO)c1cc(OCCO)nc2ccccc12. The van der Waals surface area contributed by atoms with Crippen LogP contribution in [0.25, 0.3) is 10.9 Å². The van der Waals surface area contributed by atoms with Gasteiger partial charge in [0.2, 0.25) is 5.88 Å². The second-order valence-electron chi connectivity index (χ2n) is 3.58. The number of nitrogens with zero attached hydrogens (tertiary/aromatic N) is 2. The zero-order valence-corrected chi connectivity index (χ0v) is 9.58. The second-order valence-corrected chi connectivity index (χ2v) is 3.58. The molecule has 6 nitrogen and oxygen atoms in total. The van der Waals surface area contributed by atoms with E-state index in [2.05, 4.69) is 10.1 Å². The summed E-state index contributed by atoms with van der Waals surface area (Å²) >= 11 is 0. The van der Waals surface area contributed by atoms with Crippen molar-refractivity contribution >= 4 is 16.7 Å². The van der Waals surface area contributed by atoms with Gasteiger partial charge in [-0.2, -0.15) is 0 Å². The van der Waals surface area contributed by atoms with Crippen molar-refractivity contribution in [3.05, 3.63) is 35.9 Å². The van der Waals surface area contributed by atoms with Crippen molar-refractivity contribution < 1.29 is 15.1 Å². The molecular formula is C12H13N3O3. The molecular weight excluding hydrogens is 234 g/mol. The normalized spacial score (nSPS) is 11.7. The number of hydrogen-bond acceptors (Lipinski definition) is 5. The minimum Gasteiger partial charge on any atom is -0.475 e. The molecule has 4 N–H and O–H groups in total. The van der Waals surface area contributed by atoms with Crippen LogP contribution in [0.3, 0.4) is 0 Å². The van der Waals surface area contributed by atoms with E-state index < -0.39 is 0 Å². The molecule has 0 aliphatic rings. The zero-order chi connectivity index (χ0) is 13.0. The van der Waals surface area contributed by atoms with Gasteiger partial charge in [-0.3, -0.25) is 0 Å². The second kappa shape index (κ2) is 5.33. The molecule has 0 aliphatic carbocycles. The lowest BCUT2D eigenvalue weighted by Gasteiger charge is -2.09. The molecule has 18 heavy (non-hydrogen) atoms. The number of rotatable bonds is 4. The van der Waals surface area contributed by atoms with E-state index >= 15 is 0 Å². The summed E-state index contributed by atoms with van der Waals surface area (Å²) in [6.45, 7) is 0.0361. The van der Waals surface area contributed by atoms with Gasteiger partial charge in [-0.25, -0.2) is 4.98 Å². The lowest BCUT2D eigenvalue weighted by Crippen LogP contribution is -2.14. The van der Waals surface area contributed by atoms with Crippen LogP contribution in [0, 0.1) is 0 Å². The molecule has 6 heteroatoms. The number of benzene rings is 1. The van der Waals surface area contributed by atoms with Gasteiger partial charge in [-0.05, 0) is 6.07 Å². The maximum atomic E-state index is 8.78. The summed E-state index contributed by atoms with van der Waals surface area (Å²) in [5, 5.41) is 21.3. The summed E-state index contributed by atoms with van der Waals surface area (Å²) in [7, 11) is 0. The summed E-state index contributed by atoms with van der Waals surface area (Å²) in [6, 6.07) is 8.88. The minimum atomic E-state index is -0.104. The Labute approximate surface area is 103 Å². The first kappa shape index (κ1) is 12.1. The van der Waals surface area contributed by atoms with Crippen LogP contribution in [0.1, 0.15) is 5.56 Å². The van der Waals surface area contributed by atoms with E-state index in [-0.39, 0.29) is 19.0 Å². The number of aromatic nitrogens is 1. The average molecular weight is 247 g/mol. The summed E-state index contributed by atoms with van der Waals surface area (Å²) in [5.74, 6) is 0.312. The lowest BCUT2D eigenvalue weighted by atomic mass is 10.1. The number of amidine groups is 1. The van der Waals surface area contributed by atoms with Gasteiger partial charge >= 0.3 is 0 Å². The van der Waals surface area contributed by atoms with Gasteiger partial charge in [-0.15, -0.1) is 0 Å². The summed E-state index contributed by atoms with van der Waals surface area (Å²) in [6.07, 6.45) is 0. The third-order valence-corrected chi connectivity index (χ3v) is 2.42. The van der Waals surface area contributed by atoms with E-state index in [0.29, 0.717) is 17.0 Å². The molecule has 0 saturated heterocycles. The molecule has 0 amide bonds. The van der Waals surface area contributed by atoms with Gasteiger partial charge < -0.3 is 20.8 Å². The van der Waals surface area contributed by atoms with Crippen LogP contribution in [-0.4, -0.2) is 34.3 Å². The molecule has 0 saturated carbocycles. The molecule has 0 fully saturated rings. The number of hydrogen-bond donors (Lipinski definition) is 3. The first-order valence-electron chi connectivity index (χ1n) is 5.37. The highest BCUT2D eigenvalue weighted by Crippen LogP contribution is 2.21. The Bertz CT molecular complexity index is 584. The number of aliphatic hydroxyl groups excluding tert-OH is 1. The zero-order valence-electron chi connectivity index (χ0n) is 9.58. The van der Waals surface area contributed by atoms with E-state index in [0.717, 1.165) is 5.39 Å². The summed E-state index contributed by atoms with van der Waals surface area (Å²) < 4.78 is 5.25. The molecule has 94 valence electrons. The van der Waals surface area contributed by atoms with Crippen molar-refractivity contribution in [3.8, 4) is 5.88 Å². The van der Waals surface area contributed by atoms with Crippen LogP contribution in [0.15, 0.2) is 35.5 Å². The van der Waals surface area contributed by atoms with Gasteiger partial charge in [0, 0.05) is 17.0 Å². The van der Waals surface area contributed by atoms with E-state index in [4.69, 9.17) is 20.8 Å². The number of ether oxygens (including phenoxy) is 1. The molecule has 1 heterocycles. The molecule has 0 atom stereocenters. The Morgan fingerprint density at radius 3 is 2.89 bits per heavy atom. The average Bonchev–Trinajstić information content (AvgIpc) is 2.43. The van der Waals surface area contributed by atoms with Crippen molar-refractivity contribution in [1.82, 2.24) is 4.98 Å².